The number of aliphatic hydroxyl groups excluding tert-OH is 1. The Bertz CT molecular complexity index is 306. The lowest BCUT2D eigenvalue weighted by Crippen LogP contribution is -2.35. The Balaban J connectivity index is 4.39. The highest BCUT2D eigenvalue weighted by molar-refractivity contribution is 7.46. The first-order valence-electron chi connectivity index (χ1n) is 4.16. The van der Waals surface area contributed by atoms with E-state index in [1.165, 1.54) is 7.11 Å². The second-order valence-electron chi connectivity index (χ2n) is 2.94. The lowest BCUT2D eigenvalue weighted by Gasteiger charge is -2.22. The molecule has 0 aromatic heterocycles. The molecular formula is C5H14O10P2. The second-order valence-corrected chi connectivity index (χ2v) is 5.37. The molecule has 0 aliphatic carbocycles. The van der Waals surface area contributed by atoms with Crippen molar-refractivity contribution in [1.29, 1.82) is 0 Å². The first-order valence-corrected chi connectivity index (χ1v) is 7.22. The monoisotopic (exact) mass is 296 g/mol. The molecule has 0 aromatic carbocycles. The quantitative estimate of drug-likeness (QED) is 0.336. The molecule has 0 rings (SSSR count). The number of hydrogen-bond donors (Lipinski definition) is 5. The van der Waals surface area contributed by atoms with Crippen LogP contribution in [-0.2, 0) is 22.9 Å². The topological polar surface area (TPSA) is 163 Å². The highest BCUT2D eigenvalue weighted by Crippen LogP contribution is 2.39. The number of hydrogen-bond acceptors (Lipinski definition) is 6. The average molecular weight is 296 g/mol. The van der Waals surface area contributed by atoms with Crippen LogP contribution in [0.3, 0.4) is 0 Å². The smallest absolute Gasteiger partial charge is 0.388 e. The van der Waals surface area contributed by atoms with Crippen LogP contribution < -0.4 is 0 Å². The Morgan fingerprint density at radius 2 is 1.59 bits per heavy atom. The third-order valence-corrected chi connectivity index (χ3v) is 2.48. The fourth-order valence-electron chi connectivity index (χ4n) is 0.833. The minimum absolute atomic E-state index is 0.392. The van der Waals surface area contributed by atoms with Gasteiger partial charge in [0.15, 0.2) is 0 Å². The molecule has 0 aromatic rings. The maximum atomic E-state index is 10.5. The van der Waals surface area contributed by atoms with Crippen molar-refractivity contribution >= 4 is 15.6 Å². The van der Waals surface area contributed by atoms with Gasteiger partial charge >= 0.3 is 15.6 Å². The van der Waals surface area contributed by atoms with Gasteiger partial charge in [-0.2, -0.15) is 0 Å². The number of ether oxygens (including phenoxy) is 1. The number of aliphatic hydroxyl groups is 1. The summed E-state index contributed by atoms with van der Waals surface area (Å²) < 4.78 is 33.5. The maximum absolute atomic E-state index is 10.5. The molecule has 12 heteroatoms. The highest BCUT2D eigenvalue weighted by Gasteiger charge is 2.30. The molecule has 5 N–H and O–H groups in total. The molecule has 17 heavy (non-hydrogen) atoms. The first-order chi connectivity index (χ1) is 7.55. The van der Waals surface area contributed by atoms with Crippen LogP contribution in [0.1, 0.15) is 0 Å². The minimum Gasteiger partial charge on any atom is -0.388 e. The summed E-state index contributed by atoms with van der Waals surface area (Å²) in [5.41, 5.74) is 0. The third-order valence-electron chi connectivity index (χ3n) is 1.45. The van der Waals surface area contributed by atoms with Crippen LogP contribution in [0.5, 0.6) is 0 Å². The van der Waals surface area contributed by atoms with E-state index in [0.29, 0.717) is 0 Å². The van der Waals surface area contributed by atoms with Crippen LogP contribution in [0.2, 0.25) is 0 Å². The number of phosphoric ester groups is 2. The third kappa shape index (κ3) is 9.81. The van der Waals surface area contributed by atoms with Gasteiger partial charge in [-0.05, 0) is 0 Å². The normalized spacial score (nSPS) is 16.8. The second kappa shape index (κ2) is 6.91. The van der Waals surface area contributed by atoms with Crippen LogP contribution in [0.25, 0.3) is 0 Å². The Hall–Kier alpha value is 0.140. The van der Waals surface area contributed by atoms with Crippen molar-refractivity contribution in [3.8, 4) is 0 Å². The molecule has 0 radical (unpaired) electrons. The van der Waals surface area contributed by atoms with Crippen molar-refractivity contribution in [3.63, 3.8) is 0 Å². The van der Waals surface area contributed by atoms with E-state index in [0.717, 1.165) is 0 Å². The van der Waals surface area contributed by atoms with Crippen LogP contribution in [0.15, 0.2) is 0 Å². The number of phosphoric acid groups is 2. The summed E-state index contributed by atoms with van der Waals surface area (Å²) in [7, 11) is -8.45. The van der Waals surface area contributed by atoms with Gasteiger partial charge in [-0.3, -0.25) is 9.05 Å². The molecule has 0 unspecified atom stereocenters. The lowest BCUT2D eigenvalue weighted by molar-refractivity contribution is -0.0447. The lowest BCUT2D eigenvalue weighted by atomic mass is 10.2. The van der Waals surface area contributed by atoms with E-state index < -0.39 is 41.1 Å². The van der Waals surface area contributed by atoms with E-state index in [1.807, 2.05) is 0 Å². The van der Waals surface area contributed by atoms with Gasteiger partial charge in [-0.15, -0.1) is 0 Å². The molecule has 0 bridgehead atoms. The van der Waals surface area contributed by atoms with Crippen molar-refractivity contribution in [3.05, 3.63) is 0 Å². The summed E-state index contributed by atoms with van der Waals surface area (Å²) in [5.74, 6) is 0. The number of rotatable bonds is 8. The molecule has 0 saturated heterocycles. The van der Waals surface area contributed by atoms with Crippen molar-refractivity contribution in [2.45, 2.75) is 12.2 Å². The molecule has 0 fully saturated rings. The zero-order chi connectivity index (χ0) is 13.7. The molecule has 0 aliphatic heterocycles. The van der Waals surface area contributed by atoms with Gasteiger partial charge in [0.2, 0.25) is 0 Å². The van der Waals surface area contributed by atoms with Crippen LogP contribution in [0.4, 0.5) is 0 Å². The maximum Gasteiger partial charge on any atom is 0.470 e. The largest absolute Gasteiger partial charge is 0.470 e. The fraction of sp³-hybridized carbons (Fsp3) is 1.00. The number of methoxy groups -OCH3 is 1. The predicted molar refractivity (Wildman–Crippen MR) is 52.8 cm³/mol. The summed E-state index contributed by atoms with van der Waals surface area (Å²) >= 11 is 0. The molecule has 10 nitrogen and oxygen atoms in total. The van der Waals surface area contributed by atoms with E-state index in [4.69, 9.17) is 19.6 Å². The van der Waals surface area contributed by atoms with Gasteiger partial charge in [0, 0.05) is 7.11 Å². The molecular weight excluding hydrogens is 282 g/mol. The van der Waals surface area contributed by atoms with E-state index >= 15 is 0 Å². The molecule has 0 spiro atoms. The SMILES string of the molecule is COC[C@H](OP(=O)(O)O)[C@H](O)COP(=O)(O)O. The zero-order valence-electron chi connectivity index (χ0n) is 8.74. The summed E-state index contributed by atoms with van der Waals surface area (Å²) in [6, 6.07) is 0. The summed E-state index contributed by atoms with van der Waals surface area (Å²) in [6.45, 7) is -1.25. The molecule has 0 aliphatic rings. The highest BCUT2D eigenvalue weighted by atomic mass is 31.2. The van der Waals surface area contributed by atoms with Crippen molar-refractivity contribution in [1.82, 2.24) is 0 Å². The Labute approximate surface area is 96.6 Å². The van der Waals surface area contributed by atoms with Crippen molar-refractivity contribution in [2.24, 2.45) is 0 Å². The van der Waals surface area contributed by atoms with Crippen molar-refractivity contribution in [2.75, 3.05) is 20.3 Å². The van der Waals surface area contributed by atoms with Crippen molar-refractivity contribution < 1.29 is 47.6 Å². The molecule has 0 saturated carbocycles. The van der Waals surface area contributed by atoms with E-state index in [9.17, 15) is 14.2 Å². The van der Waals surface area contributed by atoms with Gasteiger partial charge in [-0.25, -0.2) is 9.13 Å². The van der Waals surface area contributed by atoms with Gasteiger partial charge in [-0.1, -0.05) is 0 Å². The summed E-state index contributed by atoms with van der Waals surface area (Å²) in [6.07, 6.45) is -3.15. The van der Waals surface area contributed by atoms with Crippen LogP contribution >= 0.6 is 15.6 Å². The summed E-state index contributed by atoms with van der Waals surface area (Å²) in [4.78, 5) is 33.8. The Morgan fingerprint density at radius 3 is 1.94 bits per heavy atom. The average Bonchev–Trinajstić information content (AvgIpc) is 2.10. The predicted octanol–water partition coefficient (Wildman–Crippen LogP) is -1.42. The molecule has 0 heterocycles. The first kappa shape index (κ1) is 17.1. The minimum atomic E-state index is -4.86. The van der Waals surface area contributed by atoms with Gasteiger partial charge < -0.3 is 29.4 Å². The van der Waals surface area contributed by atoms with E-state index in [2.05, 4.69) is 13.8 Å². The molecule has 0 amide bonds. The van der Waals surface area contributed by atoms with Gasteiger partial charge in [0.1, 0.15) is 12.2 Å². The fourth-order valence-corrected chi connectivity index (χ4v) is 1.73. The van der Waals surface area contributed by atoms with E-state index in [-0.39, 0.29) is 0 Å². The van der Waals surface area contributed by atoms with E-state index in [1.54, 1.807) is 0 Å². The van der Waals surface area contributed by atoms with Gasteiger partial charge in [0.25, 0.3) is 0 Å². The molecule has 104 valence electrons. The standard InChI is InChI=1S/C5H14O10P2/c1-13-3-5(15-17(10,11)12)4(6)2-14-16(7,8)9/h4-6H,2-3H2,1H3,(H2,7,8,9)(H2,10,11,12)/t4-,5+/m1/s1. The zero-order valence-corrected chi connectivity index (χ0v) is 10.5. The Morgan fingerprint density at radius 1 is 1.06 bits per heavy atom. The summed E-state index contributed by atoms with van der Waals surface area (Å²) in [5, 5.41) is 9.35. The van der Waals surface area contributed by atoms with Crippen LogP contribution in [-0.4, -0.2) is 57.2 Å². The molecule has 2 atom stereocenters. The van der Waals surface area contributed by atoms with Gasteiger partial charge in [0.05, 0.1) is 13.2 Å². The Kier molecular flexibility index (Phi) is 6.97. The van der Waals surface area contributed by atoms with Crippen LogP contribution in [0, 0.1) is 0 Å².